The zero-order valence-electron chi connectivity index (χ0n) is 10.4. The van der Waals surface area contributed by atoms with Crippen LogP contribution in [0.2, 0.25) is 0 Å². The van der Waals surface area contributed by atoms with Crippen molar-refractivity contribution < 1.29 is 9.18 Å². The van der Waals surface area contributed by atoms with E-state index in [1.807, 2.05) is 19.9 Å². The Bertz CT molecular complexity index is 665. The molecule has 0 N–H and O–H groups in total. The molecule has 0 aliphatic carbocycles. The number of aryl methyl sites for hydroxylation is 2. The van der Waals surface area contributed by atoms with Gasteiger partial charge in [-0.2, -0.15) is 0 Å². The maximum Gasteiger partial charge on any atom is 0.196 e. The molecule has 0 bridgehead atoms. The van der Waals surface area contributed by atoms with Gasteiger partial charge in [0.15, 0.2) is 5.78 Å². The molecule has 98 valence electrons. The number of carbonyl (C=O) groups is 1. The lowest BCUT2D eigenvalue weighted by atomic mass is 9.97. The third kappa shape index (κ3) is 2.95. The van der Waals surface area contributed by atoms with Crippen LogP contribution in [0.3, 0.4) is 0 Å². The van der Waals surface area contributed by atoms with E-state index >= 15 is 0 Å². The average molecular weight is 386 g/mol. The average Bonchev–Trinajstić information content (AvgIpc) is 2.36. The lowest BCUT2D eigenvalue weighted by Gasteiger charge is -2.09. The van der Waals surface area contributed by atoms with Gasteiger partial charge in [0.25, 0.3) is 0 Å². The van der Waals surface area contributed by atoms with E-state index in [2.05, 4.69) is 31.9 Å². The summed E-state index contributed by atoms with van der Waals surface area (Å²) in [5, 5.41) is 0. The van der Waals surface area contributed by atoms with Crippen LogP contribution in [0.25, 0.3) is 0 Å². The molecular weight excluding hydrogens is 375 g/mol. The summed E-state index contributed by atoms with van der Waals surface area (Å²) in [7, 11) is 0. The summed E-state index contributed by atoms with van der Waals surface area (Å²) < 4.78 is 15.4. The van der Waals surface area contributed by atoms with Crippen molar-refractivity contribution in [1.29, 1.82) is 0 Å². The van der Waals surface area contributed by atoms with Crippen molar-refractivity contribution in [3.63, 3.8) is 0 Å². The highest BCUT2D eigenvalue weighted by atomic mass is 79.9. The summed E-state index contributed by atoms with van der Waals surface area (Å²) in [4.78, 5) is 12.4. The lowest BCUT2D eigenvalue weighted by Crippen LogP contribution is -2.07. The number of ketones is 1. The predicted octanol–water partition coefficient (Wildman–Crippen LogP) is 5.20. The lowest BCUT2D eigenvalue weighted by molar-refractivity contribution is 0.103. The van der Waals surface area contributed by atoms with E-state index < -0.39 is 5.82 Å². The molecule has 0 aromatic heterocycles. The number of rotatable bonds is 2. The number of halogens is 3. The maximum atomic E-state index is 13.8. The second kappa shape index (κ2) is 5.55. The first kappa shape index (κ1) is 14.4. The molecule has 2 aromatic rings. The van der Waals surface area contributed by atoms with E-state index in [1.165, 1.54) is 12.1 Å². The molecular formula is C15H11Br2FO. The van der Waals surface area contributed by atoms with E-state index in [0.29, 0.717) is 10.0 Å². The van der Waals surface area contributed by atoms with Crippen LogP contribution in [0, 0.1) is 19.7 Å². The Balaban J connectivity index is 2.56. The first-order chi connectivity index (χ1) is 8.90. The Kier molecular flexibility index (Phi) is 4.21. The fraction of sp³-hybridized carbons (Fsp3) is 0.133. The molecule has 0 atom stereocenters. The molecule has 2 rings (SSSR count). The quantitative estimate of drug-likeness (QED) is 0.649. The fourth-order valence-electron chi connectivity index (χ4n) is 1.84. The summed E-state index contributed by atoms with van der Waals surface area (Å²) >= 11 is 6.67. The summed E-state index contributed by atoms with van der Waals surface area (Å²) in [5.74, 6) is -0.805. The largest absolute Gasteiger partial charge is 0.288 e. The first-order valence-corrected chi connectivity index (χ1v) is 7.25. The van der Waals surface area contributed by atoms with Crippen molar-refractivity contribution >= 4 is 37.6 Å². The van der Waals surface area contributed by atoms with Crippen LogP contribution in [0.1, 0.15) is 27.0 Å². The molecule has 0 aliphatic heterocycles. The van der Waals surface area contributed by atoms with E-state index in [-0.39, 0.29) is 11.3 Å². The van der Waals surface area contributed by atoms with Crippen molar-refractivity contribution in [2.75, 3.05) is 0 Å². The molecule has 0 spiro atoms. The van der Waals surface area contributed by atoms with Gasteiger partial charge in [0.2, 0.25) is 0 Å². The van der Waals surface area contributed by atoms with E-state index in [9.17, 15) is 9.18 Å². The number of benzene rings is 2. The van der Waals surface area contributed by atoms with E-state index in [0.717, 1.165) is 15.6 Å². The number of hydrogen-bond donors (Lipinski definition) is 0. The molecule has 0 amide bonds. The van der Waals surface area contributed by atoms with Crippen molar-refractivity contribution in [1.82, 2.24) is 0 Å². The second-order valence-electron chi connectivity index (χ2n) is 4.37. The van der Waals surface area contributed by atoms with Crippen molar-refractivity contribution in [3.05, 3.63) is 67.3 Å². The summed E-state index contributed by atoms with van der Waals surface area (Å²) in [5.41, 5.74) is 2.38. The molecule has 0 unspecified atom stereocenters. The van der Waals surface area contributed by atoms with Gasteiger partial charge in [-0.25, -0.2) is 4.39 Å². The van der Waals surface area contributed by atoms with Gasteiger partial charge in [0.1, 0.15) is 5.82 Å². The first-order valence-electron chi connectivity index (χ1n) is 5.66. The molecule has 0 radical (unpaired) electrons. The van der Waals surface area contributed by atoms with Crippen molar-refractivity contribution in [3.8, 4) is 0 Å². The van der Waals surface area contributed by atoms with Gasteiger partial charge in [0, 0.05) is 14.5 Å². The van der Waals surface area contributed by atoms with Gasteiger partial charge in [-0.3, -0.25) is 4.79 Å². The van der Waals surface area contributed by atoms with Gasteiger partial charge >= 0.3 is 0 Å². The van der Waals surface area contributed by atoms with Crippen molar-refractivity contribution in [2.45, 2.75) is 13.8 Å². The highest BCUT2D eigenvalue weighted by Crippen LogP contribution is 2.25. The Morgan fingerprint density at radius 1 is 1.00 bits per heavy atom. The Morgan fingerprint density at radius 3 is 2.37 bits per heavy atom. The van der Waals surface area contributed by atoms with E-state index in [1.54, 1.807) is 12.1 Å². The predicted molar refractivity (Wildman–Crippen MR) is 81.1 cm³/mol. The Morgan fingerprint density at radius 2 is 1.68 bits per heavy atom. The minimum Gasteiger partial charge on any atom is -0.288 e. The Labute approximate surface area is 128 Å². The highest BCUT2D eigenvalue weighted by molar-refractivity contribution is 9.10. The standard InChI is InChI=1S/C15H11Br2FO/c1-8-6-13(17)9(2)5-11(8)15(19)12-7-10(16)3-4-14(12)18/h3-7H,1-2H3. The number of hydrogen-bond acceptors (Lipinski definition) is 1. The summed E-state index contributed by atoms with van der Waals surface area (Å²) in [6, 6.07) is 8.03. The third-order valence-electron chi connectivity index (χ3n) is 2.92. The molecule has 0 saturated carbocycles. The van der Waals surface area contributed by atoms with Crippen LogP contribution in [-0.2, 0) is 0 Å². The van der Waals surface area contributed by atoms with Gasteiger partial charge in [-0.15, -0.1) is 0 Å². The van der Waals surface area contributed by atoms with Crippen LogP contribution >= 0.6 is 31.9 Å². The van der Waals surface area contributed by atoms with Gasteiger partial charge in [-0.1, -0.05) is 31.9 Å². The molecule has 0 heterocycles. The molecule has 2 aromatic carbocycles. The maximum absolute atomic E-state index is 13.8. The van der Waals surface area contributed by atoms with Gasteiger partial charge in [0.05, 0.1) is 5.56 Å². The summed E-state index contributed by atoms with van der Waals surface area (Å²) in [6.45, 7) is 3.74. The Hall–Kier alpha value is -1.00. The highest BCUT2D eigenvalue weighted by Gasteiger charge is 2.17. The smallest absolute Gasteiger partial charge is 0.196 e. The zero-order valence-corrected chi connectivity index (χ0v) is 13.6. The molecule has 0 saturated heterocycles. The van der Waals surface area contributed by atoms with Crippen LogP contribution in [-0.4, -0.2) is 5.78 Å². The molecule has 0 aliphatic rings. The number of carbonyl (C=O) groups excluding carboxylic acids is 1. The molecule has 1 nitrogen and oxygen atoms in total. The topological polar surface area (TPSA) is 17.1 Å². The van der Waals surface area contributed by atoms with Gasteiger partial charge < -0.3 is 0 Å². The minimum atomic E-state index is -0.506. The SMILES string of the molecule is Cc1cc(C(=O)c2cc(Br)ccc2F)c(C)cc1Br. The van der Waals surface area contributed by atoms with Crippen LogP contribution in [0.15, 0.2) is 39.3 Å². The van der Waals surface area contributed by atoms with Crippen LogP contribution < -0.4 is 0 Å². The van der Waals surface area contributed by atoms with Crippen LogP contribution in [0.5, 0.6) is 0 Å². The minimum absolute atomic E-state index is 0.0826. The van der Waals surface area contributed by atoms with E-state index in [4.69, 9.17) is 0 Å². The molecule has 0 fully saturated rings. The fourth-order valence-corrected chi connectivity index (χ4v) is 2.66. The van der Waals surface area contributed by atoms with Crippen molar-refractivity contribution in [2.24, 2.45) is 0 Å². The second-order valence-corrected chi connectivity index (χ2v) is 6.14. The zero-order chi connectivity index (χ0) is 14.2. The molecule has 19 heavy (non-hydrogen) atoms. The third-order valence-corrected chi connectivity index (χ3v) is 4.27. The molecule has 4 heteroatoms. The monoisotopic (exact) mass is 384 g/mol. The normalized spacial score (nSPS) is 10.6. The summed E-state index contributed by atoms with van der Waals surface area (Å²) in [6.07, 6.45) is 0. The van der Waals surface area contributed by atoms with Crippen LogP contribution in [0.4, 0.5) is 4.39 Å². The van der Waals surface area contributed by atoms with Gasteiger partial charge in [-0.05, 0) is 55.3 Å².